The molecule has 3 rings (SSSR count). The summed E-state index contributed by atoms with van der Waals surface area (Å²) < 4.78 is 23.3. The number of esters is 1. The molecule has 1 heterocycles. The van der Waals surface area contributed by atoms with E-state index in [2.05, 4.69) is 4.98 Å². The average Bonchev–Trinajstić information content (AvgIpc) is 3.15. The Balaban J connectivity index is 1.77. The van der Waals surface area contributed by atoms with Crippen molar-refractivity contribution in [2.24, 2.45) is 5.73 Å². The van der Waals surface area contributed by atoms with E-state index >= 15 is 0 Å². The van der Waals surface area contributed by atoms with Gasteiger partial charge in [-0.05, 0) is 24.3 Å². The lowest BCUT2D eigenvalue weighted by molar-refractivity contribution is -0.127. The van der Waals surface area contributed by atoms with Gasteiger partial charge in [0.25, 0.3) is 5.91 Å². The summed E-state index contributed by atoms with van der Waals surface area (Å²) in [4.78, 5) is 27.7. The molecule has 1 aromatic heterocycles. The van der Waals surface area contributed by atoms with E-state index in [0.29, 0.717) is 11.3 Å². The number of rotatable bonds is 5. The van der Waals surface area contributed by atoms with Crippen LogP contribution in [-0.4, -0.2) is 16.9 Å². The molecule has 0 saturated carbocycles. The van der Waals surface area contributed by atoms with Crippen LogP contribution in [0.5, 0.6) is 0 Å². The molecule has 6 nitrogen and oxygen atoms in total. The Hall–Kier alpha value is -3.48. The van der Waals surface area contributed by atoms with Gasteiger partial charge < -0.3 is 14.9 Å². The van der Waals surface area contributed by atoms with Gasteiger partial charge in [-0.1, -0.05) is 24.3 Å². The van der Waals surface area contributed by atoms with Gasteiger partial charge in [0, 0.05) is 11.1 Å². The van der Waals surface area contributed by atoms with Crippen molar-refractivity contribution in [2.75, 3.05) is 0 Å². The van der Waals surface area contributed by atoms with Crippen LogP contribution >= 0.6 is 0 Å². The zero-order valence-corrected chi connectivity index (χ0v) is 12.9. The van der Waals surface area contributed by atoms with E-state index in [1.807, 2.05) is 0 Å². The van der Waals surface area contributed by atoms with Crippen LogP contribution < -0.4 is 5.73 Å². The Labute approximate surface area is 142 Å². The smallest absolute Gasteiger partial charge is 0.339 e. The maximum absolute atomic E-state index is 13.0. The molecule has 0 aliphatic carbocycles. The van der Waals surface area contributed by atoms with Crippen molar-refractivity contribution < 1.29 is 23.1 Å². The zero-order valence-electron chi connectivity index (χ0n) is 12.9. The number of carbonyl (C=O) groups excluding carboxylic acids is 2. The van der Waals surface area contributed by atoms with Crippen molar-refractivity contribution in [3.63, 3.8) is 0 Å². The first-order chi connectivity index (χ1) is 12.0. The van der Waals surface area contributed by atoms with Crippen molar-refractivity contribution in [2.45, 2.75) is 6.10 Å². The second-order valence-electron chi connectivity index (χ2n) is 5.18. The van der Waals surface area contributed by atoms with Gasteiger partial charge in [0.05, 0.1) is 11.8 Å². The molecule has 2 aromatic carbocycles. The third kappa shape index (κ3) is 3.72. The Morgan fingerprint density at radius 2 is 1.76 bits per heavy atom. The van der Waals surface area contributed by atoms with Crippen LogP contribution in [0.25, 0.3) is 11.3 Å². The number of oxazole rings is 1. The number of nitrogens with zero attached hydrogens (tertiary/aromatic N) is 1. The largest absolute Gasteiger partial charge is 0.444 e. The van der Waals surface area contributed by atoms with Crippen LogP contribution in [0.4, 0.5) is 4.39 Å². The fourth-order valence-electron chi connectivity index (χ4n) is 2.23. The molecule has 0 radical (unpaired) electrons. The highest BCUT2D eigenvalue weighted by atomic mass is 19.1. The lowest BCUT2D eigenvalue weighted by Gasteiger charge is -2.15. The summed E-state index contributed by atoms with van der Waals surface area (Å²) in [6.07, 6.45) is 1.55. The van der Waals surface area contributed by atoms with Crippen LogP contribution in [0.15, 0.2) is 65.5 Å². The van der Waals surface area contributed by atoms with Gasteiger partial charge in [-0.2, -0.15) is 0 Å². The van der Waals surface area contributed by atoms with Gasteiger partial charge in [-0.3, -0.25) is 4.79 Å². The van der Waals surface area contributed by atoms with Crippen molar-refractivity contribution in [3.8, 4) is 11.3 Å². The van der Waals surface area contributed by atoms with Crippen molar-refractivity contribution in [3.05, 3.63) is 78.1 Å². The third-order valence-corrected chi connectivity index (χ3v) is 3.49. The van der Waals surface area contributed by atoms with Crippen LogP contribution in [0, 0.1) is 5.82 Å². The SMILES string of the molecule is NC(=O)C(OC(=O)c1ccc(-c2cnco2)cc1)c1ccc(F)cc1. The lowest BCUT2D eigenvalue weighted by Crippen LogP contribution is -2.26. The fraction of sp³-hybridized carbons (Fsp3) is 0.0556. The molecule has 0 spiro atoms. The van der Waals surface area contributed by atoms with E-state index in [1.54, 1.807) is 18.3 Å². The highest BCUT2D eigenvalue weighted by molar-refractivity contribution is 5.92. The van der Waals surface area contributed by atoms with E-state index in [9.17, 15) is 14.0 Å². The van der Waals surface area contributed by atoms with E-state index < -0.39 is 23.8 Å². The third-order valence-electron chi connectivity index (χ3n) is 3.49. The summed E-state index contributed by atoms with van der Waals surface area (Å²) in [7, 11) is 0. The number of hydrogen-bond acceptors (Lipinski definition) is 5. The lowest BCUT2D eigenvalue weighted by atomic mass is 10.1. The first kappa shape index (κ1) is 16.4. The van der Waals surface area contributed by atoms with Crippen molar-refractivity contribution in [1.29, 1.82) is 0 Å². The van der Waals surface area contributed by atoms with Crippen molar-refractivity contribution in [1.82, 2.24) is 4.98 Å². The minimum Gasteiger partial charge on any atom is -0.444 e. The monoisotopic (exact) mass is 340 g/mol. The first-order valence-electron chi connectivity index (χ1n) is 7.29. The molecule has 1 atom stereocenters. The van der Waals surface area contributed by atoms with Gasteiger partial charge in [-0.25, -0.2) is 14.2 Å². The Kier molecular flexibility index (Phi) is 4.56. The summed E-state index contributed by atoms with van der Waals surface area (Å²) >= 11 is 0. The molecule has 3 aromatic rings. The van der Waals surface area contributed by atoms with Crippen LogP contribution in [0.2, 0.25) is 0 Å². The quantitative estimate of drug-likeness (QED) is 0.721. The van der Waals surface area contributed by atoms with Crippen molar-refractivity contribution >= 4 is 11.9 Å². The molecule has 1 amide bonds. The second kappa shape index (κ2) is 6.96. The second-order valence-corrected chi connectivity index (χ2v) is 5.18. The van der Waals surface area contributed by atoms with E-state index in [1.165, 1.54) is 30.7 Å². The molecule has 0 bridgehead atoms. The average molecular weight is 340 g/mol. The highest BCUT2D eigenvalue weighted by Crippen LogP contribution is 2.22. The number of aromatic nitrogens is 1. The fourth-order valence-corrected chi connectivity index (χ4v) is 2.23. The first-order valence-corrected chi connectivity index (χ1v) is 7.29. The minimum absolute atomic E-state index is 0.233. The van der Waals surface area contributed by atoms with Gasteiger partial charge in [-0.15, -0.1) is 0 Å². The Bertz CT molecular complexity index is 874. The number of carbonyl (C=O) groups is 2. The maximum Gasteiger partial charge on any atom is 0.339 e. The maximum atomic E-state index is 13.0. The number of primary amides is 1. The summed E-state index contributed by atoms with van der Waals surface area (Å²) in [6, 6.07) is 11.4. The topological polar surface area (TPSA) is 95.4 Å². The number of halogens is 1. The van der Waals surface area contributed by atoms with Crippen LogP contribution in [0.1, 0.15) is 22.0 Å². The van der Waals surface area contributed by atoms with E-state index in [-0.39, 0.29) is 5.56 Å². The summed E-state index contributed by atoms with van der Waals surface area (Å²) in [6.45, 7) is 0. The normalized spacial score (nSPS) is 11.7. The Morgan fingerprint density at radius 3 is 2.32 bits per heavy atom. The van der Waals surface area contributed by atoms with E-state index in [0.717, 1.165) is 17.7 Å². The summed E-state index contributed by atoms with van der Waals surface area (Å²) in [5.74, 6) is -1.49. The summed E-state index contributed by atoms with van der Waals surface area (Å²) in [5, 5.41) is 0. The number of nitrogens with two attached hydrogens (primary N) is 1. The molecule has 0 aliphatic heterocycles. The van der Waals surface area contributed by atoms with Gasteiger partial charge in [0.1, 0.15) is 5.82 Å². The molecule has 0 saturated heterocycles. The molecular formula is C18H13FN2O4. The predicted octanol–water partition coefficient (Wildman–Crippen LogP) is 2.86. The molecule has 126 valence electrons. The standard InChI is InChI=1S/C18H13FN2O4/c19-14-7-5-12(6-8-14)16(17(20)22)25-18(23)13-3-1-11(2-4-13)15-9-21-10-24-15/h1-10,16H,(H2,20,22). The minimum atomic E-state index is -1.30. The molecular weight excluding hydrogens is 327 g/mol. The van der Waals surface area contributed by atoms with Gasteiger partial charge in [0.2, 0.25) is 6.10 Å². The number of benzene rings is 2. The van der Waals surface area contributed by atoms with E-state index in [4.69, 9.17) is 14.9 Å². The van der Waals surface area contributed by atoms with Crippen LogP contribution in [0.3, 0.4) is 0 Å². The summed E-state index contributed by atoms with van der Waals surface area (Å²) in [5.41, 5.74) is 6.55. The predicted molar refractivity (Wildman–Crippen MR) is 85.7 cm³/mol. The van der Waals surface area contributed by atoms with Gasteiger partial charge in [0.15, 0.2) is 12.2 Å². The molecule has 1 unspecified atom stereocenters. The number of hydrogen-bond donors (Lipinski definition) is 1. The van der Waals surface area contributed by atoms with Crippen LogP contribution in [-0.2, 0) is 9.53 Å². The number of amides is 1. The zero-order chi connectivity index (χ0) is 17.8. The molecule has 7 heteroatoms. The molecule has 0 aliphatic rings. The molecule has 0 fully saturated rings. The number of ether oxygens (including phenoxy) is 1. The molecule has 2 N–H and O–H groups in total. The molecule has 25 heavy (non-hydrogen) atoms. The Morgan fingerprint density at radius 1 is 1.08 bits per heavy atom. The highest BCUT2D eigenvalue weighted by Gasteiger charge is 2.23. The van der Waals surface area contributed by atoms with Gasteiger partial charge >= 0.3 is 5.97 Å².